The van der Waals surface area contributed by atoms with Crippen molar-refractivity contribution in [1.82, 2.24) is 9.97 Å². The highest BCUT2D eigenvalue weighted by atomic mass is 32.2. The Morgan fingerprint density at radius 2 is 1.95 bits per heavy atom. The molecule has 0 unspecified atom stereocenters. The van der Waals surface area contributed by atoms with Crippen LogP contribution in [0.3, 0.4) is 0 Å². The number of aryl methyl sites for hydroxylation is 1. The highest BCUT2D eigenvalue weighted by Gasteiger charge is 2.25. The molecule has 0 amide bonds. The first kappa shape index (κ1) is 14.0. The number of hydrogen-bond donors (Lipinski definition) is 2. The number of nitrogens with two attached hydrogens (primary N) is 1. The van der Waals surface area contributed by atoms with Gasteiger partial charge in [0.1, 0.15) is 5.82 Å². The molecule has 0 bridgehead atoms. The number of aromatic nitrogens is 2. The Kier molecular flexibility index (Phi) is 4.38. The van der Waals surface area contributed by atoms with E-state index in [1.54, 1.807) is 0 Å². The first-order valence-electron chi connectivity index (χ1n) is 6.80. The molecule has 3 rings (SSSR count). The van der Waals surface area contributed by atoms with Crippen LogP contribution in [0.2, 0.25) is 0 Å². The van der Waals surface area contributed by atoms with Gasteiger partial charge in [-0.2, -0.15) is 0 Å². The van der Waals surface area contributed by atoms with E-state index in [2.05, 4.69) is 36.2 Å². The van der Waals surface area contributed by atoms with Gasteiger partial charge in [0.25, 0.3) is 0 Å². The lowest BCUT2D eigenvalue weighted by molar-refractivity contribution is 0.850. The number of nitrogens with one attached hydrogen (secondary N) is 1. The molecule has 106 valence electrons. The number of H-pyrrole nitrogens is 1. The number of thioether (sulfide) groups is 2. The maximum Gasteiger partial charge on any atom is 0.111 e. The van der Waals surface area contributed by atoms with Crippen molar-refractivity contribution >= 4 is 23.5 Å². The lowest BCUT2D eigenvalue weighted by Crippen LogP contribution is -2.29. The van der Waals surface area contributed by atoms with Crippen molar-refractivity contribution in [2.75, 3.05) is 11.5 Å². The third-order valence-electron chi connectivity index (χ3n) is 3.33. The molecule has 1 aromatic carbocycles. The molecule has 1 fully saturated rings. The molecule has 2 heterocycles. The Morgan fingerprint density at radius 3 is 2.65 bits per heavy atom. The van der Waals surface area contributed by atoms with Gasteiger partial charge in [-0.3, -0.25) is 0 Å². The third kappa shape index (κ3) is 3.22. The summed E-state index contributed by atoms with van der Waals surface area (Å²) in [6.45, 7) is 2.12. The Balaban J connectivity index is 1.74. The molecular weight excluding hydrogens is 286 g/mol. The van der Waals surface area contributed by atoms with Crippen LogP contribution in [0, 0.1) is 6.92 Å². The lowest BCUT2D eigenvalue weighted by atomic mass is 10.1. The highest BCUT2D eigenvalue weighted by molar-refractivity contribution is 8.17. The third-order valence-corrected chi connectivity index (χ3v) is 6.44. The van der Waals surface area contributed by atoms with Crippen LogP contribution in [0.15, 0.2) is 30.3 Å². The van der Waals surface area contributed by atoms with Gasteiger partial charge in [-0.1, -0.05) is 30.3 Å². The van der Waals surface area contributed by atoms with Crippen molar-refractivity contribution in [3.8, 4) is 0 Å². The van der Waals surface area contributed by atoms with Crippen LogP contribution in [0.4, 0.5) is 0 Å². The van der Waals surface area contributed by atoms with E-state index in [4.69, 9.17) is 10.7 Å². The van der Waals surface area contributed by atoms with Gasteiger partial charge >= 0.3 is 0 Å². The van der Waals surface area contributed by atoms with E-state index >= 15 is 0 Å². The minimum Gasteiger partial charge on any atom is -0.346 e. The second kappa shape index (κ2) is 6.24. The molecule has 0 radical (unpaired) electrons. The summed E-state index contributed by atoms with van der Waals surface area (Å²) in [5, 5.41) is 0. The van der Waals surface area contributed by atoms with Crippen LogP contribution < -0.4 is 5.73 Å². The fraction of sp³-hybridized carbons (Fsp3) is 0.400. The fourth-order valence-corrected chi connectivity index (χ4v) is 5.18. The first-order chi connectivity index (χ1) is 9.72. The van der Waals surface area contributed by atoms with Crippen molar-refractivity contribution in [2.24, 2.45) is 5.73 Å². The largest absolute Gasteiger partial charge is 0.346 e. The van der Waals surface area contributed by atoms with E-state index in [0.717, 1.165) is 23.8 Å². The van der Waals surface area contributed by atoms with Crippen LogP contribution in [-0.2, 0) is 6.42 Å². The average molecular weight is 305 g/mol. The van der Waals surface area contributed by atoms with Gasteiger partial charge in [-0.25, -0.2) is 4.98 Å². The van der Waals surface area contributed by atoms with Gasteiger partial charge in [0, 0.05) is 29.7 Å². The molecule has 20 heavy (non-hydrogen) atoms. The van der Waals surface area contributed by atoms with E-state index in [-0.39, 0.29) is 0 Å². The lowest BCUT2D eigenvalue weighted by Gasteiger charge is -2.24. The Bertz CT molecular complexity index is 560. The molecule has 1 aromatic heterocycles. The molecule has 1 aliphatic heterocycles. The molecule has 3 nitrogen and oxygen atoms in total. The summed E-state index contributed by atoms with van der Waals surface area (Å²) in [5.41, 5.74) is 9.62. The second-order valence-electron chi connectivity index (χ2n) is 5.11. The molecule has 0 atom stereocenters. The standard InChI is InChI=1S/C15H19N3S2/c1-10-14(15-19-8-12(16)9-20-15)18-13(17-10)7-11-5-3-2-4-6-11/h2-6,12,15H,7-9,16H2,1H3,(H,17,18). The molecule has 1 aliphatic rings. The zero-order valence-electron chi connectivity index (χ0n) is 11.5. The Labute approximate surface area is 128 Å². The van der Waals surface area contributed by atoms with Gasteiger partial charge < -0.3 is 10.7 Å². The van der Waals surface area contributed by atoms with Crippen LogP contribution in [0.5, 0.6) is 0 Å². The Morgan fingerprint density at radius 1 is 1.25 bits per heavy atom. The maximum atomic E-state index is 5.95. The summed E-state index contributed by atoms with van der Waals surface area (Å²) in [5.74, 6) is 3.11. The van der Waals surface area contributed by atoms with E-state index in [1.165, 1.54) is 17.0 Å². The molecule has 1 saturated heterocycles. The zero-order valence-corrected chi connectivity index (χ0v) is 13.1. The number of benzene rings is 1. The summed E-state index contributed by atoms with van der Waals surface area (Å²) in [6, 6.07) is 10.8. The number of hydrogen-bond acceptors (Lipinski definition) is 4. The number of nitrogens with zero attached hydrogens (tertiary/aromatic N) is 1. The van der Waals surface area contributed by atoms with Crippen LogP contribution in [-0.4, -0.2) is 27.5 Å². The van der Waals surface area contributed by atoms with Crippen molar-refractivity contribution in [2.45, 2.75) is 24.0 Å². The molecule has 0 aliphatic carbocycles. The van der Waals surface area contributed by atoms with E-state index < -0.39 is 0 Å². The molecule has 2 aromatic rings. The maximum absolute atomic E-state index is 5.95. The van der Waals surface area contributed by atoms with Crippen LogP contribution in [0.1, 0.15) is 27.4 Å². The summed E-state index contributed by atoms with van der Waals surface area (Å²) >= 11 is 3.83. The molecule has 3 N–H and O–H groups in total. The van der Waals surface area contributed by atoms with Gasteiger partial charge in [-0.15, -0.1) is 23.5 Å². The number of rotatable bonds is 3. The van der Waals surface area contributed by atoms with Crippen molar-refractivity contribution < 1.29 is 0 Å². The normalized spacial score (nSPS) is 22.9. The smallest absolute Gasteiger partial charge is 0.111 e. The van der Waals surface area contributed by atoms with E-state index in [0.29, 0.717) is 10.6 Å². The number of imidazole rings is 1. The first-order valence-corrected chi connectivity index (χ1v) is 8.90. The molecule has 0 spiro atoms. The molecule has 0 saturated carbocycles. The second-order valence-corrected chi connectivity index (χ2v) is 7.69. The van der Waals surface area contributed by atoms with Crippen LogP contribution >= 0.6 is 23.5 Å². The topological polar surface area (TPSA) is 54.7 Å². The minimum absolute atomic E-state index is 0.323. The monoisotopic (exact) mass is 305 g/mol. The van der Waals surface area contributed by atoms with E-state index in [1.807, 2.05) is 29.6 Å². The summed E-state index contributed by atoms with van der Waals surface area (Å²) in [4.78, 5) is 8.25. The highest BCUT2D eigenvalue weighted by Crippen LogP contribution is 2.43. The number of aromatic amines is 1. The fourth-order valence-electron chi connectivity index (χ4n) is 2.32. The average Bonchev–Trinajstić information content (AvgIpc) is 2.81. The quantitative estimate of drug-likeness (QED) is 0.915. The van der Waals surface area contributed by atoms with Crippen molar-refractivity contribution in [3.05, 3.63) is 53.1 Å². The van der Waals surface area contributed by atoms with Gasteiger partial charge in [-0.05, 0) is 12.5 Å². The predicted molar refractivity (Wildman–Crippen MR) is 88.2 cm³/mol. The Hall–Kier alpha value is -0.910. The SMILES string of the molecule is Cc1[nH]c(Cc2ccccc2)nc1C1SCC(N)CS1. The molecular formula is C15H19N3S2. The van der Waals surface area contributed by atoms with E-state index in [9.17, 15) is 0 Å². The summed E-state index contributed by atoms with van der Waals surface area (Å²) < 4.78 is 0.426. The van der Waals surface area contributed by atoms with Crippen molar-refractivity contribution in [1.29, 1.82) is 0 Å². The summed E-state index contributed by atoms with van der Waals surface area (Å²) in [7, 11) is 0. The predicted octanol–water partition coefficient (Wildman–Crippen LogP) is 3.11. The van der Waals surface area contributed by atoms with Crippen LogP contribution in [0.25, 0.3) is 0 Å². The van der Waals surface area contributed by atoms with Crippen molar-refractivity contribution in [3.63, 3.8) is 0 Å². The summed E-state index contributed by atoms with van der Waals surface area (Å²) in [6.07, 6.45) is 0.864. The minimum atomic E-state index is 0.323. The van der Waals surface area contributed by atoms with Gasteiger partial charge in [0.15, 0.2) is 0 Å². The molecule has 5 heteroatoms. The zero-order chi connectivity index (χ0) is 13.9. The van der Waals surface area contributed by atoms with Gasteiger partial charge in [0.05, 0.1) is 10.3 Å². The van der Waals surface area contributed by atoms with Gasteiger partial charge in [0.2, 0.25) is 0 Å².